The van der Waals surface area contributed by atoms with E-state index in [4.69, 9.17) is 9.47 Å². The molecule has 1 fully saturated rings. The van der Waals surface area contributed by atoms with Crippen LogP contribution in [0.25, 0.3) is 0 Å². The van der Waals surface area contributed by atoms with Gasteiger partial charge in [-0.1, -0.05) is 18.2 Å². The third kappa shape index (κ3) is 3.93. The highest BCUT2D eigenvalue weighted by Gasteiger charge is 2.19. The monoisotopic (exact) mass is 326 g/mol. The lowest BCUT2D eigenvalue weighted by Crippen LogP contribution is -2.35. The number of nitrogens with zero attached hydrogens (tertiary/aromatic N) is 1. The Morgan fingerprint density at radius 2 is 2.04 bits per heavy atom. The summed E-state index contributed by atoms with van der Waals surface area (Å²) in [6, 6.07) is 14.9. The fraction of sp³-hybridized carbons (Fsp3) is 0.316. The van der Waals surface area contributed by atoms with Gasteiger partial charge in [-0.25, -0.2) is 0 Å². The van der Waals surface area contributed by atoms with Crippen LogP contribution in [0.1, 0.15) is 22.0 Å². The van der Waals surface area contributed by atoms with Crippen molar-refractivity contribution in [1.29, 1.82) is 0 Å². The van der Waals surface area contributed by atoms with Crippen molar-refractivity contribution >= 4 is 11.6 Å². The number of methoxy groups -OCH3 is 1. The van der Waals surface area contributed by atoms with Gasteiger partial charge in [0.05, 0.1) is 19.8 Å². The van der Waals surface area contributed by atoms with Crippen molar-refractivity contribution in [3.63, 3.8) is 0 Å². The number of carbonyl (C=O) groups excluding carboxylic acids is 1. The molecule has 1 saturated heterocycles. The molecule has 2 aromatic rings. The van der Waals surface area contributed by atoms with Gasteiger partial charge in [0, 0.05) is 24.3 Å². The largest absolute Gasteiger partial charge is 0.497 e. The van der Waals surface area contributed by atoms with E-state index in [1.165, 1.54) is 0 Å². The standard InChI is InChI=1S/C19H22N2O3/c1-21-10-11-24-18(13-21)14-6-8-16(9-7-14)20-19(22)15-4-3-5-17(12-15)23-2/h3-9,12,18H,10-11,13H2,1-2H3,(H,20,22). The minimum absolute atomic E-state index is 0.0897. The highest BCUT2D eigenvalue weighted by Crippen LogP contribution is 2.23. The molecule has 3 rings (SSSR count). The number of benzene rings is 2. The quantitative estimate of drug-likeness (QED) is 0.938. The van der Waals surface area contributed by atoms with Gasteiger partial charge >= 0.3 is 0 Å². The smallest absolute Gasteiger partial charge is 0.255 e. The SMILES string of the molecule is COc1cccc(C(=O)Nc2ccc(C3CN(C)CCO3)cc2)c1. The summed E-state index contributed by atoms with van der Waals surface area (Å²) < 4.78 is 11.0. The van der Waals surface area contributed by atoms with Crippen LogP contribution in [0.4, 0.5) is 5.69 Å². The zero-order valence-corrected chi connectivity index (χ0v) is 14.0. The number of rotatable bonds is 4. The molecule has 2 aromatic carbocycles. The lowest BCUT2D eigenvalue weighted by molar-refractivity contribution is -0.0208. The second-order valence-corrected chi connectivity index (χ2v) is 5.93. The molecular weight excluding hydrogens is 304 g/mol. The highest BCUT2D eigenvalue weighted by molar-refractivity contribution is 6.04. The Bertz CT molecular complexity index is 700. The number of carbonyl (C=O) groups is 1. The van der Waals surface area contributed by atoms with Crippen molar-refractivity contribution in [2.24, 2.45) is 0 Å². The molecule has 5 heteroatoms. The molecule has 1 N–H and O–H groups in total. The number of ether oxygens (including phenoxy) is 2. The molecule has 5 nitrogen and oxygen atoms in total. The predicted octanol–water partition coefficient (Wildman–Crippen LogP) is 2.95. The van der Waals surface area contributed by atoms with Crippen LogP contribution < -0.4 is 10.1 Å². The van der Waals surface area contributed by atoms with E-state index < -0.39 is 0 Å². The summed E-state index contributed by atoms with van der Waals surface area (Å²) in [6.45, 7) is 2.59. The molecule has 0 aliphatic carbocycles. The normalized spacial score (nSPS) is 18.2. The Hall–Kier alpha value is -2.37. The first-order valence-corrected chi connectivity index (χ1v) is 8.01. The van der Waals surface area contributed by atoms with Crippen molar-refractivity contribution < 1.29 is 14.3 Å². The van der Waals surface area contributed by atoms with Crippen LogP contribution in [0.5, 0.6) is 5.75 Å². The second kappa shape index (κ2) is 7.47. The predicted molar refractivity (Wildman–Crippen MR) is 93.6 cm³/mol. The van der Waals surface area contributed by atoms with E-state index in [1.54, 1.807) is 25.3 Å². The van der Waals surface area contributed by atoms with Crippen LogP contribution in [0.3, 0.4) is 0 Å². The van der Waals surface area contributed by atoms with Crippen molar-refractivity contribution in [2.75, 3.05) is 39.2 Å². The maximum absolute atomic E-state index is 12.3. The average molecular weight is 326 g/mol. The van der Waals surface area contributed by atoms with E-state index in [0.717, 1.165) is 30.9 Å². The summed E-state index contributed by atoms with van der Waals surface area (Å²) in [7, 11) is 3.68. The fourth-order valence-electron chi connectivity index (χ4n) is 2.73. The minimum Gasteiger partial charge on any atom is -0.497 e. The van der Waals surface area contributed by atoms with Crippen molar-refractivity contribution in [1.82, 2.24) is 4.90 Å². The molecule has 24 heavy (non-hydrogen) atoms. The Labute approximate surface area is 142 Å². The van der Waals surface area contributed by atoms with Gasteiger partial charge in [0.25, 0.3) is 5.91 Å². The molecular formula is C19H22N2O3. The zero-order chi connectivity index (χ0) is 16.9. The maximum atomic E-state index is 12.3. The van der Waals surface area contributed by atoms with Gasteiger partial charge in [-0.15, -0.1) is 0 Å². The van der Waals surface area contributed by atoms with Crippen LogP contribution in [0.15, 0.2) is 48.5 Å². The summed E-state index contributed by atoms with van der Waals surface area (Å²) in [6.07, 6.45) is 0.0897. The first-order chi connectivity index (χ1) is 11.7. The Balaban J connectivity index is 1.66. The summed E-state index contributed by atoms with van der Waals surface area (Å²) in [4.78, 5) is 14.6. The molecule has 0 aromatic heterocycles. The number of likely N-dealkylation sites (N-methyl/N-ethyl adjacent to an activating group) is 1. The minimum atomic E-state index is -0.157. The lowest BCUT2D eigenvalue weighted by atomic mass is 10.1. The van der Waals surface area contributed by atoms with Crippen molar-refractivity contribution in [3.05, 3.63) is 59.7 Å². The Morgan fingerprint density at radius 1 is 1.25 bits per heavy atom. The zero-order valence-electron chi connectivity index (χ0n) is 14.0. The number of nitrogens with one attached hydrogen (secondary N) is 1. The van der Waals surface area contributed by atoms with Gasteiger partial charge in [0.15, 0.2) is 0 Å². The molecule has 1 amide bonds. The van der Waals surface area contributed by atoms with Crippen LogP contribution in [0, 0.1) is 0 Å². The van der Waals surface area contributed by atoms with Crippen LogP contribution in [-0.2, 0) is 4.74 Å². The first kappa shape index (κ1) is 16.5. The first-order valence-electron chi connectivity index (χ1n) is 8.01. The topological polar surface area (TPSA) is 50.8 Å². The van der Waals surface area contributed by atoms with Gasteiger partial charge in [0.1, 0.15) is 5.75 Å². The van der Waals surface area contributed by atoms with Gasteiger partial charge in [-0.05, 0) is 42.9 Å². The number of hydrogen-bond donors (Lipinski definition) is 1. The molecule has 1 aliphatic heterocycles. The average Bonchev–Trinajstić information content (AvgIpc) is 2.62. The van der Waals surface area contributed by atoms with Crippen LogP contribution in [0.2, 0.25) is 0 Å². The fourth-order valence-corrected chi connectivity index (χ4v) is 2.73. The molecule has 1 unspecified atom stereocenters. The molecule has 1 aliphatic rings. The van der Waals surface area contributed by atoms with E-state index in [9.17, 15) is 4.79 Å². The molecule has 0 saturated carbocycles. The van der Waals surface area contributed by atoms with E-state index in [0.29, 0.717) is 11.3 Å². The van der Waals surface area contributed by atoms with E-state index in [-0.39, 0.29) is 12.0 Å². The molecule has 0 radical (unpaired) electrons. The molecule has 1 atom stereocenters. The summed E-state index contributed by atoms with van der Waals surface area (Å²) in [5.41, 5.74) is 2.45. The molecule has 0 bridgehead atoms. The number of hydrogen-bond acceptors (Lipinski definition) is 4. The second-order valence-electron chi connectivity index (χ2n) is 5.93. The number of morpholine rings is 1. The Morgan fingerprint density at radius 3 is 2.75 bits per heavy atom. The van der Waals surface area contributed by atoms with Gasteiger partial charge in [-0.2, -0.15) is 0 Å². The van der Waals surface area contributed by atoms with E-state index in [1.807, 2.05) is 30.3 Å². The summed E-state index contributed by atoms with van der Waals surface area (Å²) in [5, 5.41) is 2.90. The van der Waals surface area contributed by atoms with Crippen LogP contribution in [-0.4, -0.2) is 44.7 Å². The Kier molecular flexibility index (Phi) is 5.13. The number of anilines is 1. The van der Waals surface area contributed by atoms with Gasteiger partial charge < -0.3 is 19.7 Å². The van der Waals surface area contributed by atoms with Crippen molar-refractivity contribution in [3.8, 4) is 5.75 Å². The third-order valence-corrected chi connectivity index (χ3v) is 4.14. The summed E-state index contributed by atoms with van der Waals surface area (Å²) in [5.74, 6) is 0.506. The van der Waals surface area contributed by atoms with E-state index in [2.05, 4.69) is 17.3 Å². The van der Waals surface area contributed by atoms with Crippen molar-refractivity contribution in [2.45, 2.75) is 6.10 Å². The maximum Gasteiger partial charge on any atom is 0.255 e. The van der Waals surface area contributed by atoms with Gasteiger partial charge in [-0.3, -0.25) is 4.79 Å². The number of amides is 1. The molecule has 1 heterocycles. The molecule has 0 spiro atoms. The van der Waals surface area contributed by atoms with E-state index >= 15 is 0 Å². The summed E-state index contributed by atoms with van der Waals surface area (Å²) >= 11 is 0. The van der Waals surface area contributed by atoms with Gasteiger partial charge in [0.2, 0.25) is 0 Å². The highest BCUT2D eigenvalue weighted by atomic mass is 16.5. The van der Waals surface area contributed by atoms with Crippen LogP contribution >= 0.6 is 0 Å². The third-order valence-electron chi connectivity index (χ3n) is 4.14. The molecule has 126 valence electrons. The lowest BCUT2D eigenvalue weighted by Gasteiger charge is -2.30.